The first-order valence-electron chi connectivity index (χ1n) is 6.52. The Balaban J connectivity index is 2.79. The van der Waals surface area contributed by atoms with E-state index in [1.165, 1.54) is 0 Å². The Kier molecular flexibility index (Phi) is 5.97. The predicted molar refractivity (Wildman–Crippen MR) is 81.3 cm³/mol. The second-order valence-corrected chi connectivity index (χ2v) is 6.50. The number of nitrogens with two attached hydrogens (primary N) is 1. The number of halogens is 2. The number of rotatable bonds is 5. The maximum Gasteiger partial charge on any atom is 0.0595 e. The summed E-state index contributed by atoms with van der Waals surface area (Å²) in [6.07, 6.45) is 0.845. The summed E-state index contributed by atoms with van der Waals surface area (Å²) >= 11 is 11.9. The topological polar surface area (TPSA) is 26.0 Å². The van der Waals surface area contributed by atoms with E-state index >= 15 is 0 Å². The summed E-state index contributed by atoms with van der Waals surface area (Å²) in [5, 5.41) is 1.20. The molecule has 0 radical (unpaired) electrons. The van der Waals surface area contributed by atoms with Crippen molar-refractivity contribution in [3.8, 4) is 0 Å². The van der Waals surface area contributed by atoms with Crippen molar-refractivity contribution < 1.29 is 0 Å². The summed E-state index contributed by atoms with van der Waals surface area (Å²) < 4.78 is 0. The lowest BCUT2D eigenvalue weighted by Crippen LogP contribution is -2.38. The Hall–Kier alpha value is -0.240. The van der Waals surface area contributed by atoms with Crippen LogP contribution in [-0.2, 0) is 6.42 Å². The van der Waals surface area contributed by atoms with Crippen molar-refractivity contribution in [2.24, 2.45) is 23.5 Å². The van der Waals surface area contributed by atoms with Crippen molar-refractivity contribution in [1.29, 1.82) is 0 Å². The van der Waals surface area contributed by atoms with Gasteiger partial charge in [0.05, 0.1) is 10.0 Å². The van der Waals surface area contributed by atoms with Gasteiger partial charge in [-0.05, 0) is 41.9 Å². The fourth-order valence-electron chi connectivity index (χ4n) is 2.83. The second kappa shape index (κ2) is 6.79. The van der Waals surface area contributed by atoms with E-state index in [1.54, 1.807) is 0 Å². The molecule has 0 bridgehead atoms. The van der Waals surface area contributed by atoms with Gasteiger partial charge in [-0.25, -0.2) is 0 Å². The smallest absolute Gasteiger partial charge is 0.0595 e. The molecule has 2 N–H and O–H groups in total. The zero-order valence-corrected chi connectivity index (χ0v) is 13.1. The molecular formula is C15H23Cl2N. The minimum Gasteiger partial charge on any atom is -0.327 e. The summed E-state index contributed by atoms with van der Waals surface area (Å²) in [6.45, 7) is 8.94. The first kappa shape index (κ1) is 15.8. The first-order chi connectivity index (χ1) is 8.32. The zero-order valence-electron chi connectivity index (χ0n) is 11.6. The zero-order chi connectivity index (χ0) is 13.9. The van der Waals surface area contributed by atoms with E-state index in [0.717, 1.165) is 12.0 Å². The Morgan fingerprint density at radius 2 is 1.56 bits per heavy atom. The summed E-state index contributed by atoms with van der Waals surface area (Å²) in [5.41, 5.74) is 7.52. The van der Waals surface area contributed by atoms with E-state index < -0.39 is 0 Å². The number of hydrogen-bond donors (Lipinski definition) is 1. The molecule has 3 heteroatoms. The van der Waals surface area contributed by atoms with Gasteiger partial charge >= 0.3 is 0 Å². The van der Waals surface area contributed by atoms with Gasteiger partial charge in [-0.1, -0.05) is 57.0 Å². The van der Waals surface area contributed by atoms with E-state index in [2.05, 4.69) is 27.7 Å². The van der Waals surface area contributed by atoms with Crippen molar-refractivity contribution in [3.63, 3.8) is 0 Å². The molecule has 0 aliphatic rings. The Morgan fingerprint density at radius 1 is 1.00 bits per heavy atom. The largest absolute Gasteiger partial charge is 0.327 e. The Labute approximate surface area is 121 Å². The van der Waals surface area contributed by atoms with Crippen molar-refractivity contribution in [3.05, 3.63) is 33.8 Å². The molecule has 18 heavy (non-hydrogen) atoms. The molecule has 102 valence electrons. The van der Waals surface area contributed by atoms with Crippen molar-refractivity contribution >= 4 is 23.2 Å². The molecule has 1 atom stereocenters. The van der Waals surface area contributed by atoms with Gasteiger partial charge in [-0.2, -0.15) is 0 Å². The van der Waals surface area contributed by atoms with Crippen LogP contribution in [0.1, 0.15) is 33.3 Å². The van der Waals surface area contributed by atoms with Gasteiger partial charge in [-0.3, -0.25) is 0 Å². The van der Waals surface area contributed by atoms with E-state index in [1.807, 2.05) is 18.2 Å². The first-order valence-corrected chi connectivity index (χ1v) is 7.28. The van der Waals surface area contributed by atoms with Gasteiger partial charge in [-0.15, -0.1) is 0 Å². The summed E-state index contributed by atoms with van der Waals surface area (Å²) in [6, 6.07) is 5.92. The van der Waals surface area contributed by atoms with Crippen LogP contribution in [0.25, 0.3) is 0 Å². The quantitative estimate of drug-likeness (QED) is 0.828. The SMILES string of the molecule is CC(C)C(C(C)C)C(N)Cc1ccc(Cl)c(Cl)c1. The lowest BCUT2D eigenvalue weighted by molar-refractivity contribution is 0.237. The third-order valence-electron chi connectivity index (χ3n) is 3.49. The van der Waals surface area contributed by atoms with Crippen LogP contribution < -0.4 is 5.73 Å². The molecule has 0 saturated heterocycles. The van der Waals surface area contributed by atoms with Gasteiger partial charge in [0.2, 0.25) is 0 Å². The number of hydrogen-bond acceptors (Lipinski definition) is 1. The molecule has 0 heterocycles. The van der Waals surface area contributed by atoms with Gasteiger partial charge in [0.25, 0.3) is 0 Å². The van der Waals surface area contributed by atoms with E-state index in [-0.39, 0.29) is 6.04 Å². The molecule has 1 unspecified atom stereocenters. The van der Waals surface area contributed by atoms with Gasteiger partial charge in [0, 0.05) is 6.04 Å². The molecule has 0 aliphatic carbocycles. The molecule has 0 saturated carbocycles. The highest BCUT2D eigenvalue weighted by atomic mass is 35.5. The molecule has 0 fully saturated rings. The summed E-state index contributed by atoms with van der Waals surface area (Å²) in [5.74, 6) is 1.69. The van der Waals surface area contributed by atoms with Gasteiger partial charge in [0.15, 0.2) is 0 Å². The highest BCUT2D eigenvalue weighted by Gasteiger charge is 2.24. The van der Waals surface area contributed by atoms with Crippen molar-refractivity contribution in [2.45, 2.75) is 40.2 Å². The van der Waals surface area contributed by atoms with Gasteiger partial charge in [0.1, 0.15) is 0 Å². The third kappa shape index (κ3) is 4.15. The maximum atomic E-state index is 6.36. The highest BCUT2D eigenvalue weighted by Crippen LogP contribution is 2.27. The average Bonchev–Trinajstić information content (AvgIpc) is 2.22. The monoisotopic (exact) mass is 287 g/mol. The van der Waals surface area contributed by atoms with E-state index in [9.17, 15) is 0 Å². The molecule has 1 aromatic carbocycles. The van der Waals surface area contributed by atoms with E-state index in [4.69, 9.17) is 28.9 Å². The fraction of sp³-hybridized carbons (Fsp3) is 0.600. The van der Waals surface area contributed by atoms with Crippen LogP contribution >= 0.6 is 23.2 Å². The summed E-state index contributed by atoms with van der Waals surface area (Å²) in [4.78, 5) is 0. The van der Waals surface area contributed by atoms with Crippen LogP contribution in [0.5, 0.6) is 0 Å². The predicted octanol–water partition coefficient (Wildman–Crippen LogP) is 4.79. The molecular weight excluding hydrogens is 265 g/mol. The molecule has 1 nitrogen and oxygen atoms in total. The number of benzene rings is 1. The molecule has 1 aromatic rings. The van der Waals surface area contributed by atoms with Crippen LogP contribution in [0.15, 0.2) is 18.2 Å². The molecule has 0 aliphatic heterocycles. The standard InChI is InChI=1S/C15H23Cl2N/c1-9(2)15(10(3)4)14(18)8-11-5-6-12(16)13(17)7-11/h5-7,9-10,14-15H,8,18H2,1-4H3. The Bertz CT molecular complexity index is 380. The lowest BCUT2D eigenvalue weighted by Gasteiger charge is -2.31. The van der Waals surface area contributed by atoms with Crippen LogP contribution in [0.2, 0.25) is 10.0 Å². The fourth-order valence-corrected chi connectivity index (χ4v) is 3.15. The van der Waals surface area contributed by atoms with Crippen molar-refractivity contribution in [2.75, 3.05) is 0 Å². The van der Waals surface area contributed by atoms with E-state index in [0.29, 0.717) is 27.8 Å². The molecule has 0 spiro atoms. The minimum atomic E-state index is 0.155. The molecule has 1 rings (SSSR count). The second-order valence-electron chi connectivity index (χ2n) is 5.68. The molecule has 0 amide bonds. The average molecular weight is 288 g/mol. The highest BCUT2D eigenvalue weighted by molar-refractivity contribution is 6.42. The van der Waals surface area contributed by atoms with Crippen molar-refractivity contribution in [1.82, 2.24) is 0 Å². The molecule has 0 aromatic heterocycles. The van der Waals surface area contributed by atoms with Gasteiger partial charge < -0.3 is 5.73 Å². The normalized spacial score (nSPS) is 13.7. The lowest BCUT2D eigenvalue weighted by atomic mass is 9.78. The summed E-state index contributed by atoms with van der Waals surface area (Å²) in [7, 11) is 0. The van der Waals surface area contributed by atoms with Crippen LogP contribution in [0, 0.1) is 17.8 Å². The van der Waals surface area contributed by atoms with Crippen LogP contribution in [-0.4, -0.2) is 6.04 Å². The van der Waals surface area contributed by atoms with Crippen LogP contribution in [0.4, 0.5) is 0 Å². The third-order valence-corrected chi connectivity index (χ3v) is 4.23. The minimum absolute atomic E-state index is 0.155. The maximum absolute atomic E-state index is 6.36. The van der Waals surface area contributed by atoms with Crippen LogP contribution in [0.3, 0.4) is 0 Å². The Morgan fingerprint density at radius 3 is 2.00 bits per heavy atom.